The first kappa shape index (κ1) is 14.2. The maximum Gasteiger partial charge on any atom is 0.142 e. The molecule has 20 heavy (non-hydrogen) atoms. The van der Waals surface area contributed by atoms with E-state index in [0.29, 0.717) is 34.9 Å². The number of para-hydroxylation sites is 2. The smallest absolute Gasteiger partial charge is 0.142 e. The van der Waals surface area contributed by atoms with Crippen LogP contribution in [-0.2, 0) is 0 Å². The highest BCUT2D eigenvalue weighted by Gasteiger charge is 2.19. The highest BCUT2D eigenvalue weighted by Crippen LogP contribution is 2.36. The van der Waals surface area contributed by atoms with Crippen LogP contribution < -0.4 is 15.2 Å². The second kappa shape index (κ2) is 6.30. The summed E-state index contributed by atoms with van der Waals surface area (Å²) < 4.78 is 10.7. The minimum Gasteiger partial charge on any atom is -0.495 e. The molecule has 0 fully saturated rings. The molecule has 0 aliphatic carbocycles. The van der Waals surface area contributed by atoms with Crippen LogP contribution in [0.4, 0.5) is 5.69 Å². The van der Waals surface area contributed by atoms with E-state index in [1.165, 1.54) is 0 Å². The Morgan fingerprint density at radius 1 is 1.05 bits per heavy atom. The first-order valence-electron chi connectivity index (χ1n) is 6.51. The van der Waals surface area contributed by atoms with Crippen molar-refractivity contribution >= 4 is 5.69 Å². The summed E-state index contributed by atoms with van der Waals surface area (Å²) in [5.41, 5.74) is 7.77. The highest BCUT2D eigenvalue weighted by atomic mass is 16.5. The normalized spacial score (nSPS) is 11.9. The molecule has 0 aliphatic heterocycles. The third-order valence-electron chi connectivity index (χ3n) is 3.13. The van der Waals surface area contributed by atoms with Gasteiger partial charge in [0.15, 0.2) is 0 Å². The Bertz CT molecular complexity index is 584. The summed E-state index contributed by atoms with van der Waals surface area (Å²) in [4.78, 5) is 0. The Hall–Kier alpha value is -2.20. The Kier molecular flexibility index (Phi) is 4.48. The maximum atomic E-state index is 10.6. The van der Waals surface area contributed by atoms with Gasteiger partial charge in [0.2, 0.25) is 0 Å². The van der Waals surface area contributed by atoms with E-state index in [2.05, 4.69) is 0 Å². The van der Waals surface area contributed by atoms with Crippen LogP contribution in [0.15, 0.2) is 42.5 Å². The molecule has 0 amide bonds. The summed E-state index contributed by atoms with van der Waals surface area (Å²) in [6, 6.07) is 12.7. The first-order valence-corrected chi connectivity index (χ1v) is 6.51. The molecule has 2 aromatic carbocycles. The van der Waals surface area contributed by atoms with Crippen LogP contribution in [0.3, 0.4) is 0 Å². The first-order chi connectivity index (χ1) is 9.69. The summed E-state index contributed by atoms with van der Waals surface area (Å²) in [5, 5.41) is 10.6. The second-order valence-electron chi connectivity index (χ2n) is 4.34. The summed E-state index contributed by atoms with van der Waals surface area (Å²) in [6.45, 7) is 2.44. The molecule has 0 saturated carbocycles. The standard InChI is InChI=1S/C16H19NO3/c1-3-20-13-9-5-4-7-11(13)16(18)12-8-6-10-14(19-2)15(12)17/h4-10,16,18H,3,17H2,1-2H3. The Labute approximate surface area is 118 Å². The molecule has 0 aliphatic rings. The summed E-state index contributed by atoms with van der Waals surface area (Å²) >= 11 is 0. The molecule has 1 unspecified atom stereocenters. The van der Waals surface area contributed by atoms with Crippen LogP contribution in [0.5, 0.6) is 11.5 Å². The largest absolute Gasteiger partial charge is 0.495 e. The van der Waals surface area contributed by atoms with Gasteiger partial charge in [0, 0.05) is 11.1 Å². The van der Waals surface area contributed by atoms with Gasteiger partial charge in [-0.3, -0.25) is 0 Å². The van der Waals surface area contributed by atoms with Crippen LogP contribution >= 0.6 is 0 Å². The Morgan fingerprint density at radius 3 is 2.40 bits per heavy atom. The molecular formula is C16H19NO3. The average Bonchev–Trinajstić information content (AvgIpc) is 2.48. The van der Waals surface area contributed by atoms with Crippen molar-refractivity contribution in [1.29, 1.82) is 0 Å². The van der Waals surface area contributed by atoms with Crippen LogP contribution in [0.2, 0.25) is 0 Å². The predicted molar refractivity (Wildman–Crippen MR) is 79.1 cm³/mol. The van der Waals surface area contributed by atoms with E-state index < -0.39 is 6.10 Å². The van der Waals surface area contributed by atoms with Crippen LogP contribution in [0.1, 0.15) is 24.2 Å². The molecular weight excluding hydrogens is 254 g/mol. The number of aliphatic hydroxyl groups is 1. The van der Waals surface area contributed by atoms with E-state index >= 15 is 0 Å². The lowest BCUT2D eigenvalue weighted by atomic mass is 9.99. The topological polar surface area (TPSA) is 64.7 Å². The van der Waals surface area contributed by atoms with E-state index in [9.17, 15) is 5.11 Å². The van der Waals surface area contributed by atoms with Gasteiger partial charge in [-0.05, 0) is 19.1 Å². The van der Waals surface area contributed by atoms with Crippen molar-refractivity contribution in [2.75, 3.05) is 19.5 Å². The number of rotatable bonds is 5. The molecule has 106 valence electrons. The molecule has 0 radical (unpaired) electrons. The number of aliphatic hydroxyl groups excluding tert-OH is 1. The number of anilines is 1. The fourth-order valence-corrected chi connectivity index (χ4v) is 2.14. The number of benzene rings is 2. The van der Waals surface area contributed by atoms with Gasteiger partial charge in [-0.25, -0.2) is 0 Å². The van der Waals surface area contributed by atoms with E-state index in [4.69, 9.17) is 15.2 Å². The quantitative estimate of drug-likeness (QED) is 0.822. The van der Waals surface area contributed by atoms with E-state index in [-0.39, 0.29) is 0 Å². The Balaban J connectivity index is 2.44. The van der Waals surface area contributed by atoms with Crippen molar-refractivity contribution in [2.24, 2.45) is 0 Å². The van der Waals surface area contributed by atoms with Crippen molar-refractivity contribution in [1.82, 2.24) is 0 Å². The maximum absolute atomic E-state index is 10.6. The third-order valence-corrected chi connectivity index (χ3v) is 3.13. The number of nitrogen functional groups attached to an aromatic ring is 1. The average molecular weight is 273 g/mol. The number of nitrogens with two attached hydrogens (primary N) is 1. The zero-order valence-corrected chi connectivity index (χ0v) is 11.7. The fourth-order valence-electron chi connectivity index (χ4n) is 2.14. The van der Waals surface area contributed by atoms with Crippen molar-refractivity contribution < 1.29 is 14.6 Å². The molecule has 1 atom stereocenters. The van der Waals surface area contributed by atoms with Gasteiger partial charge >= 0.3 is 0 Å². The molecule has 3 N–H and O–H groups in total. The van der Waals surface area contributed by atoms with Crippen molar-refractivity contribution in [3.8, 4) is 11.5 Å². The molecule has 2 aromatic rings. The van der Waals surface area contributed by atoms with Gasteiger partial charge < -0.3 is 20.3 Å². The molecule has 0 aromatic heterocycles. The van der Waals surface area contributed by atoms with E-state index in [1.54, 1.807) is 25.3 Å². The Morgan fingerprint density at radius 2 is 1.70 bits per heavy atom. The van der Waals surface area contributed by atoms with Gasteiger partial charge in [-0.1, -0.05) is 30.3 Å². The molecule has 0 bridgehead atoms. The summed E-state index contributed by atoms with van der Waals surface area (Å²) in [5.74, 6) is 1.21. The molecule has 0 spiro atoms. The molecule has 4 heteroatoms. The third kappa shape index (κ3) is 2.70. The number of hydrogen-bond acceptors (Lipinski definition) is 4. The van der Waals surface area contributed by atoms with E-state index in [1.807, 2.05) is 31.2 Å². The van der Waals surface area contributed by atoms with E-state index in [0.717, 1.165) is 0 Å². The van der Waals surface area contributed by atoms with Crippen LogP contribution in [-0.4, -0.2) is 18.8 Å². The number of ether oxygens (including phenoxy) is 2. The van der Waals surface area contributed by atoms with Crippen molar-refractivity contribution in [3.05, 3.63) is 53.6 Å². The SMILES string of the molecule is CCOc1ccccc1C(O)c1cccc(OC)c1N. The highest BCUT2D eigenvalue weighted by molar-refractivity contribution is 5.61. The van der Waals surface area contributed by atoms with Gasteiger partial charge in [0.05, 0.1) is 19.4 Å². The molecule has 2 rings (SSSR count). The summed E-state index contributed by atoms with van der Waals surface area (Å²) in [6.07, 6.45) is -0.854. The monoisotopic (exact) mass is 273 g/mol. The summed E-state index contributed by atoms with van der Waals surface area (Å²) in [7, 11) is 1.55. The lowest BCUT2D eigenvalue weighted by molar-refractivity contribution is 0.212. The zero-order chi connectivity index (χ0) is 14.5. The zero-order valence-electron chi connectivity index (χ0n) is 11.7. The lowest BCUT2D eigenvalue weighted by Crippen LogP contribution is -2.07. The molecule has 0 saturated heterocycles. The van der Waals surface area contributed by atoms with Crippen LogP contribution in [0, 0.1) is 0 Å². The van der Waals surface area contributed by atoms with Crippen LogP contribution in [0.25, 0.3) is 0 Å². The lowest BCUT2D eigenvalue weighted by Gasteiger charge is -2.18. The second-order valence-corrected chi connectivity index (χ2v) is 4.34. The van der Waals surface area contributed by atoms with Gasteiger partial charge in [-0.15, -0.1) is 0 Å². The van der Waals surface area contributed by atoms with Gasteiger partial charge in [0.1, 0.15) is 17.6 Å². The molecule has 0 heterocycles. The minimum atomic E-state index is -0.854. The van der Waals surface area contributed by atoms with Gasteiger partial charge in [-0.2, -0.15) is 0 Å². The minimum absolute atomic E-state index is 0.439. The van der Waals surface area contributed by atoms with Gasteiger partial charge in [0.25, 0.3) is 0 Å². The predicted octanol–water partition coefficient (Wildman–Crippen LogP) is 2.76. The fraction of sp³-hybridized carbons (Fsp3) is 0.250. The molecule has 4 nitrogen and oxygen atoms in total. The number of hydrogen-bond donors (Lipinski definition) is 2. The van der Waals surface area contributed by atoms with Crippen molar-refractivity contribution in [3.63, 3.8) is 0 Å². The number of methoxy groups -OCH3 is 1. The van der Waals surface area contributed by atoms with Crippen molar-refractivity contribution in [2.45, 2.75) is 13.0 Å².